The largest absolute Gasteiger partial charge is 0.311 e. The number of sulfone groups is 1. The van der Waals surface area contributed by atoms with E-state index in [0.717, 1.165) is 28.1 Å². The van der Waals surface area contributed by atoms with Gasteiger partial charge in [0.15, 0.2) is 9.84 Å². The van der Waals surface area contributed by atoms with Crippen LogP contribution in [0.4, 0.5) is 0 Å². The van der Waals surface area contributed by atoms with E-state index in [4.69, 9.17) is 11.6 Å². The number of hydrogen-bond acceptors (Lipinski definition) is 4. The first-order valence-electron chi connectivity index (χ1n) is 6.66. The number of nitrogens with one attached hydrogen (secondary N) is 1. The normalized spacial score (nSPS) is 21.6. The summed E-state index contributed by atoms with van der Waals surface area (Å²) >= 11 is 8.02. The maximum atomic E-state index is 11.7. The van der Waals surface area contributed by atoms with Crippen LogP contribution in [0.15, 0.2) is 24.3 Å². The number of halogens is 1. The first-order chi connectivity index (χ1) is 9.58. The Balaban J connectivity index is 1.67. The van der Waals surface area contributed by atoms with E-state index in [1.807, 2.05) is 18.2 Å². The minimum atomic E-state index is -2.87. The molecule has 1 saturated heterocycles. The number of hydrogen-bond donors (Lipinski definition) is 1. The highest BCUT2D eigenvalue weighted by atomic mass is 35.5. The van der Waals surface area contributed by atoms with Gasteiger partial charge in [0.05, 0.1) is 16.0 Å². The van der Waals surface area contributed by atoms with Crippen LogP contribution < -0.4 is 5.32 Å². The molecule has 3 nitrogen and oxygen atoms in total. The monoisotopic (exact) mass is 329 g/mol. The van der Waals surface area contributed by atoms with Crippen molar-refractivity contribution in [2.24, 2.45) is 0 Å². The standard InChI is InChI=1S/C14H16ClNO2S2/c15-14-11-5-1-2-6-12(11)19-13(14)9-16-8-10-4-3-7-20(10,17)18/h1-2,5-6,10,16H,3-4,7-9H2. The first kappa shape index (κ1) is 14.3. The minimum absolute atomic E-state index is 0.226. The van der Waals surface area contributed by atoms with Gasteiger partial charge < -0.3 is 5.32 Å². The van der Waals surface area contributed by atoms with Gasteiger partial charge >= 0.3 is 0 Å². The van der Waals surface area contributed by atoms with E-state index in [1.54, 1.807) is 11.3 Å². The highest BCUT2D eigenvalue weighted by Crippen LogP contribution is 2.35. The van der Waals surface area contributed by atoms with Crippen LogP contribution >= 0.6 is 22.9 Å². The Morgan fingerprint density at radius 1 is 1.35 bits per heavy atom. The Labute approximate surface area is 127 Å². The Morgan fingerprint density at radius 2 is 2.15 bits per heavy atom. The lowest BCUT2D eigenvalue weighted by atomic mass is 10.2. The molecule has 2 heterocycles. The zero-order valence-corrected chi connectivity index (χ0v) is 13.3. The lowest BCUT2D eigenvalue weighted by Crippen LogP contribution is -2.30. The van der Waals surface area contributed by atoms with Crippen molar-refractivity contribution in [3.8, 4) is 0 Å². The van der Waals surface area contributed by atoms with Gasteiger partial charge in [0.1, 0.15) is 0 Å². The summed E-state index contributed by atoms with van der Waals surface area (Å²) in [5.41, 5.74) is 0. The second-order valence-electron chi connectivity index (χ2n) is 5.10. The highest BCUT2D eigenvalue weighted by Gasteiger charge is 2.30. The molecule has 1 unspecified atom stereocenters. The van der Waals surface area contributed by atoms with E-state index in [0.29, 0.717) is 18.8 Å². The summed E-state index contributed by atoms with van der Waals surface area (Å²) in [7, 11) is -2.87. The summed E-state index contributed by atoms with van der Waals surface area (Å²) in [4.78, 5) is 1.07. The predicted octanol–water partition coefficient (Wildman–Crippen LogP) is 3.22. The van der Waals surface area contributed by atoms with Crippen molar-refractivity contribution in [3.05, 3.63) is 34.2 Å². The average molecular weight is 330 g/mol. The molecule has 0 amide bonds. The third kappa shape index (κ3) is 2.72. The first-order valence-corrected chi connectivity index (χ1v) is 9.57. The SMILES string of the molecule is O=S1(=O)CCCC1CNCc1sc2ccccc2c1Cl. The van der Waals surface area contributed by atoms with Gasteiger partial charge in [-0.3, -0.25) is 0 Å². The van der Waals surface area contributed by atoms with Crippen LogP contribution in [0.25, 0.3) is 10.1 Å². The number of fused-ring (bicyclic) bond motifs is 1. The average Bonchev–Trinajstić information content (AvgIpc) is 2.92. The number of thiophene rings is 1. The Bertz CT molecular complexity index is 724. The molecule has 0 bridgehead atoms. The van der Waals surface area contributed by atoms with Gasteiger partial charge in [-0.15, -0.1) is 11.3 Å². The van der Waals surface area contributed by atoms with Crippen LogP contribution in [-0.2, 0) is 16.4 Å². The second kappa shape index (κ2) is 5.64. The fourth-order valence-electron chi connectivity index (χ4n) is 2.61. The predicted molar refractivity (Wildman–Crippen MR) is 85.4 cm³/mol. The Kier molecular flexibility index (Phi) is 4.04. The number of rotatable bonds is 4. The fourth-order valence-corrected chi connectivity index (χ4v) is 5.88. The van der Waals surface area contributed by atoms with Gasteiger partial charge in [-0.1, -0.05) is 29.8 Å². The van der Waals surface area contributed by atoms with Gasteiger partial charge in [-0.2, -0.15) is 0 Å². The van der Waals surface area contributed by atoms with Crippen molar-refractivity contribution >= 4 is 42.9 Å². The molecule has 0 saturated carbocycles. The minimum Gasteiger partial charge on any atom is -0.311 e. The molecule has 1 atom stereocenters. The zero-order valence-electron chi connectivity index (χ0n) is 10.9. The third-order valence-electron chi connectivity index (χ3n) is 3.72. The van der Waals surface area contributed by atoms with E-state index in [2.05, 4.69) is 11.4 Å². The third-order valence-corrected chi connectivity index (χ3v) is 7.71. The summed E-state index contributed by atoms with van der Waals surface area (Å²) in [6.45, 7) is 1.15. The van der Waals surface area contributed by atoms with Crippen molar-refractivity contribution < 1.29 is 8.42 Å². The number of benzene rings is 1. The summed E-state index contributed by atoms with van der Waals surface area (Å²) in [6.07, 6.45) is 1.56. The topological polar surface area (TPSA) is 46.2 Å². The summed E-state index contributed by atoms with van der Waals surface area (Å²) in [5, 5.41) is 4.88. The molecule has 0 radical (unpaired) electrons. The molecule has 0 spiro atoms. The van der Waals surface area contributed by atoms with Crippen LogP contribution in [0, 0.1) is 0 Å². The van der Waals surface area contributed by atoms with Crippen molar-refractivity contribution in [1.29, 1.82) is 0 Å². The fraction of sp³-hybridized carbons (Fsp3) is 0.429. The maximum Gasteiger partial charge on any atom is 0.154 e. The summed E-state index contributed by atoms with van der Waals surface area (Å²) in [6, 6.07) is 8.04. The molecule has 1 aliphatic rings. The molecule has 20 heavy (non-hydrogen) atoms. The van der Waals surface area contributed by atoms with Crippen LogP contribution in [0.1, 0.15) is 17.7 Å². The maximum absolute atomic E-state index is 11.7. The second-order valence-corrected chi connectivity index (χ2v) is 9.01. The molecule has 108 valence electrons. The lowest BCUT2D eigenvalue weighted by Gasteiger charge is -2.10. The van der Waals surface area contributed by atoms with Crippen molar-refractivity contribution in [3.63, 3.8) is 0 Å². The molecule has 1 aliphatic heterocycles. The molecule has 1 aromatic carbocycles. The van der Waals surface area contributed by atoms with Crippen LogP contribution in [-0.4, -0.2) is 26.0 Å². The molecule has 1 N–H and O–H groups in total. The Morgan fingerprint density at radius 3 is 2.85 bits per heavy atom. The van der Waals surface area contributed by atoms with E-state index in [1.165, 1.54) is 4.70 Å². The molecular formula is C14H16ClNO2S2. The van der Waals surface area contributed by atoms with Crippen molar-refractivity contribution in [2.75, 3.05) is 12.3 Å². The highest BCUT2D eigenvalue weighted by molar-refractivity contribution is 7.92. The van der Waals surface area contributed by atoms with E-state index in [-0.39, 0.29) is 5.25 Å². The van der Waals surface area contributed by atoms with Gasteiger partial charge in [-0.05, 0) is 18.9 Å². The lowest BCUT2D eigenvalue weighted by molar-refractivity contribution is 0.575. The van der Waals surface area contributed by atoms with E-state index < -0.39 is 9.84 Å². The molecule has 1 aromatic heterocycles. The van der Waals surface area contributed by atoms with Crippen LogP contribution in [0.3, 0.4) is 0 Å². The summed E-state index contributed by atoms with van der Waals surface area (Å²) < 4.78 is 24.7. The smallest absolute Gasteiger partial charge is 0.154 e. The quantitative estimate of drug-likeness (QED) is 0.936. The molecule has 1 fully saturated rings. The molecule has 0 aliphatic carbocycles. The zero-order chi connectivity index (χ0) is 14.2. The van der Waals surface area contributed by atoms with E-state index in [9.17, 15) is 8.42 Å². The van der Waals surface area contributed by atoms with Crippen LogP contribution in [0.5, 0.6) is 0 Å². The summed E-state index contributed by atoms with van der Waals surface area (Å²) in [5.74, 6) is 0.336. The molecular weight excluding hydrogens is 314 g/mol. The van der Waals surface area contributed by atoms with Gasteiger partial charge in [0.25, 0.3) is 0 Å². The van der Waals surface area contributed by atoms with Crippen LogP contribution in [0.2, 0.25) is 5.02 Å². The van der Waals surface area contributed by atoms with Crippen molar-refractivity contribution in [1.82, 2.24) is 5.32 Å². The molecule has 3 rings (SSSR count). The van der Waals surface area contributed by atoms with Gasteiger partial charge in [-0.25, -0.2) is 8.42 Å². The van der Waals surface area contributed by atoms with Crippen molar-refractivity contribution in [2.45, 2.75) is 24.6 Å². The van der Waals surface area contributed by atoms with Gasteiger partial charge in [0.2, 0.25) is 0 Å². The van der Waals surface area contributed by atoms with Gasteiger partial charge in [0, 0.05) is 28.1 Å². The van der Waals surface area contributed by atoms with E-state index >= 15 is 0 Å². The molecule has 6 heteroatoms. The molecule has 2 aromatic rings. The Hall–Kier alpha value is -0.620.